The van der Waals surface area contributed by atoms with Crippen molar-refractivity contribution in [2.24, 2.45) is 5.92 Å². The van der Waals surface area contributed by atoms with Crippen molar-refractivity contribution >= 4 is 28.3 Å². The Labute approximate surface area is 187 Å². The van der Waals surface area contributed by atoms with Gasteiger partial charge in [-0.2, -0.15) is 5.10 Å². The molecule has 0 spiro atoms. The van der Waals surface area contributed by atoms with Crippen molar-refractivity contribution in [1.82, 2.24) is 15.1 Å². The van der Waals surface area contributed by atoms with E-state index in [2.05, 4.69) is 10.4 Å². The van der Waals surface area contributed by atoms with E-state index in [1.807, 2.05) is 45.0 Å². The molecule has 0 saturated carbocycles. The van der Waals surface area contributed by atoms with Crippen LogP contribution >= 0.6 is 0 Å². The minimum absolute atomic E-state index is 0.131. The molecule has 1 unspecified atom stereocenters. The fourth-order valence-corrected chi connectivity index (χ4v) is 4.09. The highest BCUT2D eigenvalue weighted by Gasteiger charge is 2.32. The first-order valence-electron chi connectivity index (χ1n) is 11.0. The van der Waals surface area contributed by atoms with Gasteiger partial charge in [0.1, 0.15) is 6.04 Å². The van der Waals surface area contributed by atoms with Gasteiger partial charge in [-0.3, -0.25) is 14.4 Å². The Hall–Kier alpha value is -3.48. The highest BCUT2D eigenvalue weighted by Crippen LogP contribution is 2.22. The quantitative estimate of drug-likeness (QED) is 0.671. The number of carbonyl (C=O) groups is 2. The van der Waals surface area contributed by atoms with Crippen molar-refractivity contribution in [3.63, 3.8) is 0 Å². The smallest absolute Gasteiger partial charge is 0.274 e. The summed E-state index contributed by atoms with van der Waals surface area (Å²) >= 11 is 0. The number of piperidine rings is 1. The summed E-state index contributed by atoms with van der Waals surface area (Å²) < 4.78 is 1.35. The van der Waals surface area contributed by atoms with Crippen molar-refractivity contribution in [3.05, 3.63) is 70.1 Å². The van der Waals surface area contributed by atoms with Crippen molar-refractivity contribution < 1.29 is 9.59 Å². The second-order valence-electron chi connectivity index (χ2n) is 8.77. The van der Waals surface area contributed by atoms with E-state index in [1.54, 1.807) is 29.2 Å². The molecule has 0 bridgehead atoms. The van der Waals surface area contributed by atoms with Crippen molar-refractivity contribution in [1.29, 1.82) is 0 Å². The van der Waals surface area contributed by atoms with E-state index < -0.39 is 11.9 Å². The van der Waals surface area contributed by atoms with Gasteiger partial charge >= 0.3 is 0 Å². The van der Waals surface area contributed by atoms with Crippen LogP contribution in [0.25, 0.3) is 10.8 Å². The molecule has 2 heterocycles. The molecule has 1 saturated heterocycles. The van der Waals surface area contributed by atoms with Gasteiger partial charge in [0.2, 0.25) is 5.91 Å². The summed E-state index contributed by atoms with van der Waals surface area (Å²) in [7, 11) is 0. The van der Waals surface area contributed by atoms with Crippen molar-refractivity contribution in [2.75, 3.05) is 11.4 Å². The number of aryl methyl sites for hydroxylation is 1. The maximum Gasteiger partial charge on any atom is 0.274 e. The maximum atomic E-state index is 13.2. The first-order valence-corrected chi connectivity index (χ1v) is 11.0. The normalized spacial score (nSPS) is 16.6. The SMILES string of the molecule is Cc1ccc(N2CCCC(NC(=O)c3nn(CC(C)C)c(=O)c4ccccc34)C2=O)cc1. The maximum absolute atomic E-state index is 13.2. The summed E-state index contributed by atoms with van der Waals surface area (Å²) in [6, 6.07) is 14.1. The number of nitrogens with zero attached hydrogens (tertiary/aromatic N) is 3. The Morgan fingerprint density at radius 2 is 1.78 bits per heavy atom. The number of aromatic nitrogens is 2. The average molecular weight is 433 g/mol. The zero-order chi connectivity index (χ0) is 22.8. The molecule has 2 amide bonds. The van der Waals surface area contributed by atoms with E-state index in [4.69, 9.17) is 0 Å². The lowest BCUT2D eigenvalue weighted by Gasteiger charge is -2.32. The topological polar surface area (TPSA) is 84.3 Å². The third kappa shape index (κ3) is 4.28. The van der Waals surface area contributed by atoms with E-state index >= 15 is 0 Å². The summed E-state index contributed by atoms with van der Waals surface area (Å²) in [6.45, 7) is 7.01. The number of nitrogens with one attached hydrogen (secondary N) is 1. The summed E-state index contributed by atoms with van der Waals surface area (Å²) in [5.41, 5.74) is 1.90. The van der Waals surface area contributed by atoms with Gasteiger partial charge in [0.15, 0.2) is 5.69 Å². The summed E-state index contributed by atoms with van der Waals surface area (Å²) in [5.74, 6) is -0.378. The molecular weight excluding hydrogens is 404 g/mol. The highest BCUT2D eigenvalue weighted by atomic mass is 16.2. The number of hydrogen-bond acceptors (Lipinski definition) is 4. The number of fused-ring (bicyclic) bond motifs is 1. The number of carbonyl (C=O) groups excluding carboxylic acids is 2. The van der Waals surface area contributed by atoms with Crippen LogP contribution in [0.2, 0.25) is 0 Å². The molecule has 4 rings (SSSR count). The average Bonchev–Trinajstić information content (AvgIpc) is 2.77. The molecule has 1 N–H and O–H groups in total. The molecule has 32 heavy (non-hydrogen) atoms. The number of rotatable bonds is 5. The Morgan fingerprint density at radius 3 is 2.47 bits per heavy atom. The third-order valence-electron chi connectivity index (χ3n) is 5.71. The summed E-state index contributed by atoms with van der Waals surface area (Å²) in [4.78, 5) is 40.9. The highest BCUT2D eigenvalue weighted by molar-refractivity contribution is 6.07. The van der Waals surface area contributed by atoms with Crippen LogP contribution in [0, 0.1) is 12.8 Å². The molecule has 2 aromatic carbocycles. The molecule has 7 heteroatoms. The number of hydrogen-bond donors (Lipinski definition) is 1. The van der Waals surface area contributed by atoms with Crippen LogP contribution in [0.15, 0.2) is 53.3 Å². The van der Waals surface area contributed by atoms with Gasteiger partial charge in [0.05, 0.1) is 5.39 Å². The molecule has 1 aliphatic heterocycles. The molecule has 1 aliphatic rings. The molecule has 1 aromatic heterocycles. The lowest BCUT2D eigenvalue weighted by atomic mass is 10.0. The second kappa shape index (κ2) is 8.94. The second-order valence-corrected chi connectivity index (χ2v) is 8.77. The predicted octanol–water partition coefficient (Wildman–Crippen LogP) is 3.29. The van der Waals surface area contributed by atoms with Crippen molar-refractivity contribution in [2.45, 2.75) is 46.2 Å². The molecule has 1 atom stereocenters. The molecule has 0 aliphatic carbocycles. The molecule has 7 nitrogen and oxygen atoms in total. The fourth-order valence-electron chi connectivity index (χ4n) is 4.09. The fraction of sp³-hybridized carbons (Fsp3) is 0.360. The van der Waals surface area contributed by atoms with Crippen molar-refractivity contribution in [3.8, 4) is 0 Å². The molecule has 1 fully saturated rings. The van der Waals surface area contributed by atoms with Crippen LogP contribution < -0.4 is 15.8 Å². The first kappa shape index (κ1) is 21.7. The van der Waals surface area contributed by atoms with Gasteiger partial charge in [-0.05, 0) is 43.9 Å². The minimum atomic E-state index is -0.636. The van der Waals surface area contributed by atoms with Crippen LogP contribution in [0.5, 0.6) is 0 Å². The zero-order valence-corrected chi connectivity index (χ0v) is 18.7. The predicted molar refractivity (Wildman–Crippen MR) is 125 cm³/mol. The minimum Gasteiger partial charge on any atom is -0.339 e. The molecule has 0 radical (unpaired) electrons. The van der Waals surface area contributed by atoms with Gasteiger partial charge in [0, 0.05) is 24.2 Å². The van der Waals surface area contributed by atoms with Crippen LogP contribution in [0.1, 0.15) is 42.7 Å². The van der Waals surface area contributed by atoms with Crippen LogP contribution in [-0.4, -0.2) is 34.2 Å². The van der Waals surface area contributed by atoms with Gasteiger partial charge < -0.3 is 10.2 Å². The molecule has 166 valence electrons. The Morgan fingerprint density at radius 1 is 1.09 bits per heavy atom. The van der Waals surface area contributed by atoms with Gasteiger partial charge in [-0.15, -0.1) is 0 Å². The standard InChI is InChI=1S/C25H28N4O3/c1-16(2)15-29-24(31)20-8-5-4-7-19(20)22(27-29)23(30)26-21-9-6-14-28(25(21)32)18-12-10-17(3)11-13-18/h4-5,7-8,10-13,16,21H,6,9,14-15H2,1-3H3,(H,26,30). The lowest BCUT2D eigenvalue weighted by molar-refractivity contribution is -0.121. The number of amides is 2. The van der Waals surface area contributed by atoms with Crippen LogP contribution in [-0.2, 0) is 11.3 Å². The van der Waals surface area contributed by atoms with E-state index in [0.29, 0.717) is 30.3 Å². The van der Waals surface area contributed by atoms with Gasteiger partial charge in [-0.1, -0.05) is 49.7 Å². The largest absolute Gasteiger partial charge is 0.339 e. The van der Waals surface area contributed by atoms with Crippen LogP contribution in [0.4, 0.5) is 5.69 Å². The third-order valence-corrected chi connectivity index (χ3v) is 5.71. The first-order chi connectivity index (χ1) is 15.3. The lowest BCUT2D eigenvalue weighted by Crippen LogP contribution is -2.52. The summed E-state index contributed by atoms with van der Waals surface area (Å²) in [5, 5.41) is 8.21. The summed E-state index contributed by atoms with van der Waals surface area (Å²) in [6.07, 6.45) is 1.35. The number of benzene rings is 2. The van der Waals surface area contributed by atoms with Gasteiger partial charge in [-0.25, -0.2) is 4.68 Å². The van der Waals surface area contributed by atoms with E-state index in [9.17, 15) is 14.4 Å². The van der Waals surface area contributed by atoms with E-state index in [0.717, 1.165) is 17.7 Å². The van der Waals surface area contributed by atoms with Crippen LogP contribution in [0.3, 0.4) is 0 Å². The Bertz CT molecular complexity index is 1210. The molecular formula is C25H28N4O3. The van der Waals surface area contributed by atoms with Gasteiger partial charge in [0.25, 0.3) is 11.5 Å². The molecule has 3 aromatic rings. The van der Waals surface area contributed by atoms with E-state index in [1.165, 1.54) is 4.68 Å². The van der Waals surface area contributed by atoms with E-state index in [-0.39, 0.29) is 23.1 Å². The monoisotopic (exact) mass is 432 g/mol. The zero-order valence-electron chi connectivity index (χ0n) is 18.7. The Kier molecular flexibility index (Phi) is 6.08. The number of anilines is 1. The Balaban J connectivity index is 1.63.